The molecule has 0 aromatic heterocycles. The van der Waals surface area contributed by atoms with E-state index in [2.05, 4.69) is 34.5 Å². The Balaban J connectivity index is 1.43. The van der Waals surface area contributed by atoms with E-state index in [1.165, 1.54) is 24.1 Å². The van der Waals surface area contributed by atoms with Crippen molar-refractivity contribution in [2.24, 2.45) is 0 Å². The molecule has 0 spiro atoms. The first-order valence-corrected chi connectivity index (χ1v) is 13.4. The molecule has 0 aliphatic carbocycles. The fourth-order valence-electron chi connectivity index (χ4n) is 4.67. The number of nitrogens with zero attached hydrogens (tertiary/aromatic N) is 2. The molecule has 0 radical (unpaired) electrons. The third-order valence-electron chi connectivity index (χ3n) is 6.48. The zero-order valence-corrected chi connectivity index (χ0v) is 21.8. The summed E-state index contributed by atoms with van der Waals surface area (Å²) in [5, 5.41) is 2.69. The first-order valence-electron chi connectivity index (χ1n) is 12.4. The van der Waals surface area contributed by atoms with Gasteiger partial charge in [0.2, 0.25) is 11.8 Å². The minimum Gasteiger partial charge on any atom is -0.344 e. The number of benzene rings is 3. The third kappa shape index (κ3) is 7.17. The van der Waals surface area contributed by atoms with Crippen molar-refractivity contribution < 1.29 is 22.8 Å². The summed E-state index contributed by atoms with van der Waals surface area (Å²) in [5.74, 6) is -0.452. The maximum Gasteiger partial charge on any atom is 0.416 e. The van der Waals surface area contributed by atoms with Gasteiger partial charge in [0.15, 0.2) is 0 Å². The lowest BCUT2D eigenvalue weighted by Crippen LogP contribution is -2.56. The molecule has 200 valence electrons. The average molecular weight is 542 g/mol. The van der Waals surface area contributed by atoms with Gasteiger partial charge in [0, 0.05) is 43.8 Å². The van der Waals surface area contributed by atoms with Crippen LogP contribution in [-0.4, -0.2) is 59.6 Å². The Hall–Kier alpha value is -3.30. The van der Waals surface area contributed by atoms with Gasteiger partial charge in [-0.3, -0.25) is 14.5 Å². The van der Waals surface area contributed by atoms with Gasteiger partial charge in [-0.05, 0) is 29.3 Å². The van der Waals surface area contributed by atoms with Crippen molar-refractivity contribution in [3.63, 3.8) is 0 Å². The van der Waals surface area contributed by atoms with E-state index in [1.807, 2.05) is 36.4 Å². The van der Waals surface area contributed by atoms with E-state index in [0.29, 0.717) is 31.1 Å². The number of hydrogen-bond acceptors (Lipinski definition) is 4. The van der Waals surface area contributed by atoms with Gasteiger partial charge in [0.05, 0.1) is 11.6 Å². The molecule has 38 heavy (non-hydrogen) atoms. The summed E-state index contributed by atoms with van der Waals surface area (Å²) in [6, 6.07) is 24.7. The number of halogens is 3. The Morgan fingerprint density at radius 1 is 0.868 bits per heavy atom. The molecule has 1 N–H and O–H groups in total. The minimum atomic E-state index is -4.44. The molecule has 1 atom stereocenters. The zero-order valence-electron chi connectivity index (χ0n) is 21.0. The van der Waals surface area contributed by atoms with Gasteiger partial charge in [0.25, 0.3) is 0 Å². The van der Waals surface area contributed by atoms with Crippen LogP contribution in [0.25, 0.3) is 0 Å². The van der Waals surface area contributed by atoms with Crippen molar-refractivity contribution in [3.05, 3.63) is 102 Å². The normalized spacial score (nSPS) is 15.3. The van der Waals surface area contributed by atoms with Crippen molar-refractivity contribution >= 4 is 23.6 Å². The maximum absolute atomic E-state index is 13.4. The number of amides is 2. The summed E-state index contributed by atoms with van der Waals surface area (Å²) in [5.41, 5.74) is 1.60. The predicted octanol–water partition coefficient (Wildman–Crippen LogP) is 5.24. The standard InChI is InChI=1S/C29H30F3N3O2S/c1-21(36)33-26(20-38-25-14-8-13-24(19-25)29(30,31)32)28(37)35-17-15-34(16-18-35)27(22-9-4-2-5-10-22)23-11-6-3-7-12-23/h2-14,19,26-27H,15-18,20H2,1H3,(H,33,36). The van der Waals surface area contributed by atoms with Crippen molar-refractivity contribution in [1.82, 2.24) is 15.1 Å². The van der Waals surface area contributed by atoms with Gasteiger partial charge in [0.1, 0.15) is 6.04 Å². The first kappa shape index (κ1) is 27.7. The molecule has 1 aliphatic rings. The smallest absolute Gasteiger partial charge is 0.344 e. The molecule has 1 fully saturated rings. The van der Waals surface area contributed by atoms with Crippen molar-refractivity contribution in [1.29, 1.82) is 0 Å². The molecule has 5 nitrogen and oxygen atoms in total. The highest BCUT2D eigenvalue weighted by Gasteiger charge is 2.33. The summed E-state index contributed by atoms with van der Waals surface area (Å²) < 4.78 is 39.3. The quantitative estimate of drug-likeness (QED) is 0.397. The van der Waals surface area contributed by atoms with Crippen LogP contribution in [0.5, 0.6) is 0 Å². The Kier molecular flexibility index (Phi) is 9.12. The van der Waals surface area contributed by atoms with Gasteiger partial charge < -0.3 is 10.2 Å². The Morgan fingerprint density at radius 3 is 1.97 bits per heavy atom. The first-order chi connectivity index (χ1) is 18.2. The van der Waals surface area contributed by atoms with Crippen LogP contribution in [0.4, 0.5) is 13.2 Å². The van der Waals surface area contributed by atoms with E-state index < -0.39 is 17.8 Å². The fourth-order valence-corrected chi connectivity index (χ4v) is 5.64. The molecule has 1 heterocycles. The molecule has 2 amide bonds. The predicted molar refractivity (Wildman–Crippen MR) is 143 cm³/mol. The molecule has 3 aromatic carbocycles. The number of rotatable bonds is 8. The Labute approximate surface area is 225 Å². The van der Waals surface area contributed by atoms with E-state index in [0.717, 1.165) is 23.9 Å². The minimum absolute atomic E-state index is 0.0530. The van der Waals surface area contributed by atoms with Gasteiger partial charge in [-0.25, -0.2) is 0 Å². The molecule has 0 saturated carbocycles. The molecular weight excluding hydrogens is 511 g/mol. The maximum atomic E-state index is 13.4. The summed E-state index contributed by atoms with van der Waals surface area (Å²) in [6.07, 6.45) is -4.44. The van der Waals surface area contributed by atoms with Crippen LogP contribution < -0.4 is 5.32 Å². The molecule has 0 bridgehead atoms. The highest BCUT2D eigenvalue weighted by molar-refractivity contribution is 7.99. The van der Waals surface area contributed by atoms with E-state index in [4.69, 9.17) is 0 Å². The molecule has 1 aliphatic heterocycles. The summed E-state index contributed by atoms with van der Waals surface area (Å²) in [4.78, 5) is 29.7. The highest BCUT2D eigenvalue weighted by atomic mass is 32.2. The number of carbonyl (C=O) groups is 2. The molecular formula is C29H30F3N3O2S. The van der Waals surface area contributed by atoms with Gasteiger partial charge >= 0.3 is 6.18 Å². The molecule has 1 unspecified atom stereocenters. The third-order valence-corrected chi connectivity index (χ3v) is 7.56. The van der Waals surface area contributed by atoms with E-state index in [-0.39, 0.29) is 23.6 Å². The lowest BCUT2D eigenvalue weighted by molar-refractivity contribution is -0.138. The summed E-state index contributed by atoms with van der Waals surface area (Å²) in [7, 11) is 0. The number of carbonyl (C=O) groups excluding carboxylic acids is 2. The van der Waals surface area contributed by atoms with Gasteiger partial charge in [-0.15, -0.1) is 11.8 Å². The zero-order chi connectivity index (χ0) is 27.1. The number of piperazine rings is 1. The van der Waals surface area contributed by atoms with Crippen LogP contribution in [-0.2, 0) is 15.8 Å². The molecule has 1 saturated heterocycles. The second-order valence-corrected chi connectivity index (χ2v) is 10.3. The van der Waals surface area contributed by atoms with Crippen LogP contribution in [0.2, 0.25) is 0 Å². The van der Waals surface area contributed by atoms with Gasteiger partial charge in [-0.1, -0.05) is 66.7 Å². The van der Waals surface area contributed by atoms with Crippen LogP contribution >= 0.6 is 11.8 Å². The Bertz CT molecular complexity index is 1180. The van der Waals surface area contributed by atoms with Crippen LogP contribution in [0, 0.1) is 0 Å². The van der Waals surface area contributed by atoms with Crippen LogP contribution in [0.3, 0.4) is 0 Å². The SMILES string of the molecule is CC(=O)NC(CSc1cccc(C(F)(F)F)c1)C(=O)N1CCN(C(c2ccccc2)c2ccccc2)CC1. The van der Waals surface area contributed by atoms with E-state index in [1.54, 1.807) is 11.0 Å². The number of nitrogens with one attached hydrogen (secondary N) is 1. The largest absolute Gasteiger partial charge is 0.416 e. The van der Waals surface area contributed by atoms with Crippen LogP contribution in [0.15, 0.2) is 89.8 Å². The highest BCUT2D eigenvalue weighted by Crippen LogP contribution is 2.32. The molecule has 3 aromatic rings. The van der Waals surface area contributed by atoms with Crippen molar-refractivity contribution in [2.45, 2.75) is 30.1 Å². The molecule has 9 heteroatoms. The summed E-state index contributed by atoms with van der Waals surface area (Å²) >= 11 is 1.12. The van der Waals surface area contributed by atoms with Crippen molar-refractivity contribution in [3.8, 4) is 0 Å². The average Bonchev–Trinajstić information content (AvgIpc) is 2.92. The second-order valence-electron chi connectivity index (χ2n) is 9.17. The topological polar surface area (TPSA) is 52.7 Å². The lowest BCUT2D eigenvalue weighted by Gasteiger charge is -2.40. The lowest BCUT2D eigenvalue weighted by atomic mass is 9.96. The number of thioether (sulfide) groups is 1. The van der Waals surface area contributed by atoms with Crippen molar-refractivity contribution in [2.75, 3.05) is 31.9 Å². The number of hydrogen-bond donors (Lipinski definition) is 1. The molecule has 4 rings (SSSR count). The monoisotopic (exact) mass is 541 g/mol. The Morgan fingerprint density at radius 2 is 1.45 bits per heavy atom. The van der Waals surface area contributed by atoms with Crippen LogP contribution in [0.1, 0.15) is 29.7 Å². The second kappa shape index (κ2) is 12.5. The van der Waals surface area contributed by atoms with E-state index >= 15 is 0 Å². The number of alkyl halides is 3. The summed E-state index contributed by atoms with van der Waals surface area (Å²) in [6.45, 7) is 3.59. The fraction of sp³-hybridized carbons (Fsp3) is 0.310. The van der Waals surface area contributed by atoms with E-state index in [9.17, 15) is 22.8 Å². The van der Waals surface area contributed by atoms with Gasteiger partial charge in [-0.2, -0.15) is 13.2 Å².